The number of ether oxygens (including phenoxy) is 1. The first kappa shape index (κ1) is 14.5. The third-order valence-corrected chi connectivity index (χ3v) is 3.34. The van der Waals surface area contributed by atoms with Crippen molar-refractivity contribution in [3.63, 3.8) is 0 Å². The quantitative estimate of drug-likeness (QED) is 0.769. The highest BCUT2D eigenvalue weighted by atomic mass is 16.5. The molecule has 0 aromatic rings. The molecule has 0 radical (unpaired) electrons. The molecule has 3 atom stereocenters. The minimum absolute atomic E-state index is 0.0177. The van der Waals surface area contributed by atoms with Gasteiger partial charge in [0.1, 0.15) is 0 Å². The molecule has 0 bridgehead atoms. The van der Waals surface area contributed by atoms with Crippen molar-refractivity contribution in [2.24, 2.45) is 5.92 Å². The van der Waals surface area contributed by atoms with Gasteiger partial charge in [-0.1, -0.05) is 20.8 Å². The van der Waals surface area contributed by atoms with Crippen LogP contribution in [0.4, 0.5) is 0 Å². The van der Waals surface area contributed by atoms with Gasteiger partial charge in [-0.2, -0.15) is 0 Å². The molecule has 4 nitrogen and oxygen atoms in total. The molecular formula is C13H26N2O2. The predicted molar refractivity (Wildman–Crippen MR) is 68.6 cm³/mol. The maximum absolute atomic E-state index is 12.3. The van der Waals surface area contributed by atoms with Gasteiger partial charge >= 0.3 is 0 Å². The molecule has 17 heavy (non-hydrogen) atoms. The molecule has 1 fully saturated rings. The van der Waals surface area contributed by atoms with Crippen LogP contribution < -0.4 is 5.32 Å². The molecular weight excluding hydrogens is 216 g/mol. The zero-order valence-corrected chi connectivity index (χ0v) is 11.7. The number of carbonyl (C=O) groups is 1. The molecule has 1 aliphatic heterocycles. The van der Waals surface area contributed by atoms with E-state index in [1.165, 1.54) is 0 Å². The van der Waals surface area contributed by atoms with Gasteiger partial charge in [0.25, 0.3) is 0 Å². The summed E-state index contributed by atoms with van der Waals surface area (Å²) < 4.78 is 5.20. The molecule has 1 N–H and O–H groups in total. The number of nitrogens with zero attached hydrogens (tertiary/aromatic N) is 1. The number of carbonyl (C=O) groups excluding carboxylic acids is 1. The molecule has 100 valence electrons. The maximum Gasteiger partial charge on any atom is 0.241 e. The zero-order chi connectivity index (χ0) is 13.0. The number of methoxy groups -OCH3 is 1. The Morgan fingerprint density at radius 1 is 1.47 bits per heavy atom. The van der Waals surface area contributed by atoms with Gasteiger partial charge in [-0.3, -0.25) is 10.1 Å². The van der Waals surface area contributed by atoms with Crippen molar-refractivity contribution < 1.29 is 9.53 Å². The third kappa shape index (κ3) is 3.42. The van der Waals surface area contributed by atoms with Crippen LogP contribution in [0.2, 0.25) is 0 Å². The van der Waals surface area contributed by atoms with Crippen molar-refractivity contribution in [2.45, 2.75) is 58.8 Å². The van der Waals surface area contributed by atoms with Crippen LogP contribution in [0.5, 0.6) is 0 Å². The van der Waals surface area contributed by atoms with E-state index < -0.39 is 0 Å². The van der Waals surface area contributed by atoms with E-state index in [0.29, 0.717) is 12.5 Å². The Hall–Kier alpha value is -0.610. The largest absolute Gasteiger partial charge is 0.383 e. The fourth-order valence-corrected chi connectivity index (χ4v) is 2.54. The first-order valence-electron chi connectivity index (χ1n) is 6.58. The lowest BCUT2D eigenvalue weighted by Crippen LogP contribution is -2.45. The van der Waals surface area contributed by atoms with Crippen molar-refractivity contribution in [3.8, 4) is 0 Å². The Bertz CT molecular complexity index is 256. The summed E-state index contributed by atoms with van der Waals surface area (Å²) in [5.41, 5.74) is 0. The van der Waals surface area contributed by atoms with Gasteiger partial charge in [-0.05, 0) is 25.7 Å². The second-order valence-corrected chi connectivity index (χ2v) is 5.29. The Balaban J connectivity index is 2.69. The second-order valence-electron chi connectivity index (χ2n) is 5.29. The molecule has 0 aliphatic carbocycles. The van der Waals surface area contributed by atoms with Crippen molar-refractivity contribution in [1.29, 1.82) is 0 Å². The normalized spacial score (nSPS) is 26.9. The second kappa shape index (κ2) is 6.36. The molecule has 0 saturated carbocycles. The van der Waals surface area contributed by atoms with Gasteiger partial charge in [0.2, 0.25) is 5.91 Å². The molecule has 1 amide bonds. The summed E-state index contributed by atoms with van der Waals surface area (Å²) in [6.45, 7) is 9.06. The van der Waals surface area contributed by atoms with E-state index in [2.05, 4.69) is 33.0 Å². The van der Waals surface area contributed by atoms with Crippen molar-refractivity contribution >= 4 is 5.91 Å². The van der Waals surface area contributed by atoms with Crippen LogP contribution in [-0.2, 0) is 9.53 Å². The molecule has 1 aliphatic rings. The number of amides is 1. The van der Waals surface area contributed by atoms with Crippen molar-refractivity contribution in [2.75, 3.05) is 13.7 Å². The molecule has 3 unspecified atom stereocenters. The van der Waals surface area contributed by atoms with Crippen LogP contribution >= 0.6 is 0 Å². The number of nitrogens with one attached hydrogen (secondary N) is 1. The molecule has 0 aromatic heterocycles. The van der Waals surface area contributed by atoms with Crippen molar-refractivity contribution in [3.05, 3.63) is 0 Å². The monoisotopic (exact) mass is 242 g/mol. The third-order valence-electron chi connectivity index (χ3n) is 3.34. The highest BCUT2D eigenvalue weighted by Crippen LogP contribution is 2.20. The van der Waals surface area contributed by atoms with Crippen LogP contribution in [0.15, 0.2) is 0 Å². The minimum atomic E-state index is -0.0177. The summed E-state index contributed by atoms with van der Waals surface area (Å²) in [5.74, 6) is 0.765. The fourth-order valence-electron chi connectivity index (χ4n) is 2.54. The summed E-state index contributed by atoms with van der Waals surface area (Å²) >= 11 is 0. The summed E-state index contributed by atoms with van der Waals surface area (Å²) in [6, 6.07) is 0.170. The zero-order valence-electron chi connectivity index (χ0n) is 11.7. The standard InChI is InChI=1S/C13H26N2O2/c1-6-11(8-17-5)15-10(4)14-12(13(15)16)7-9(2)3/h9-12,14H,6-8H2,1-5H3. The van der Waals surface area contributed by atoms with E-state index in [4.69, 9.17) is 4.74 Å². The van der Waals surface area contributed by atoms with Gasteiger partial charge in [-0.25, -0.2) is 0 Å². The Labute approximate surface area is 105 Å². The first-order chi connectivity index (χ1) is 8.01. The lowest BCUT2D eigenvalue weighted by Gasteiger charge is -2.29. The van der Waals surface area contributed by atoms with Gasteiger partial charge in [-0.15, -0.1) is 0 Å². The summed E-state index contributed by atoms with van der Waals surface area (Å²) in [5, 5.41) is 3.38. The lowest BCUT2D eigenvalue weighted by atomic mass is 10.0. The molecule has 0 aromatic carbocycles. The fraction of sp³-hybridized carbons (Fsp3) is 0.923. The number of hydrogen-bond donors (Lipinski definition) is 1. The van der Waals surface area contributed by atoms with E-state index in [1.54, 1.807) is 7.11 Å². The number of hydrogen-bond acceptors (Lipinski definition) is 3. The lowest BCUT2D eigenvalue weighted by molar-refractivity contribution is -0.133. The Morgan fingerprint density at radius 2 is 2.12 bits per heavy atom. The van der Waals surface area contributed by atoms with E-state index >= 15 is 0 Å². The highest BCUT2D eigenvalue weighted by molar-refractivity contribution is 5.84. The number of rotatable bonds is 6. The first-order valence-corrected chi connectivity index (χ1v) is 6.58. The van der Waals surface area contributed by atoms with Crippen molar-refractivity contribution in [1.82, 2.24) is 10.2 Å². The predicted octanol–water partition coefficient (Wildman–Crippen LogP) is 1.60. The molecule has 4 heteroatoms. The average Bonchev–Trinajstić information content (AvgIpc) is 2.51. The Morgan fingerprint density at radius 3 is 2.59 bits per heavy atom. The van der Waals surface area contributed by atoms with E-state index in [9.17, 15) is 4.79 Å². The molecule has 1 saturated heterocycles. The topological polar surface area (TPSA) is 41.6 Å². The molecule has 0 spiro atoms. The van der Waals surface area contributed by atoms with Gasteiger partial charge in [0, 0.05) is 7.11 Å². The van der Waals surface area contributed by atoms with E-state index in [0.717, 1.165) is 12.8 Å². The Kier molecular flexibility index (Phi) is 5.40. The van der Waals surface area contributed by atoms with Crippen LogP contribution in [0.25, 0.3) is 0 Å². The molecule has 1 rings (SSSR count). The van der Waals surface area contributed by atoms with Crippen LogP contribution in [-0.4, -0.2) is 42.8 Å². The van der Waals surface area contributed by atoms with Crippen LogP contribution in [0.3, 0.4) is 0 Å². The summed E-state index contributed by atoms with van der Waals surface area (Å²) in [7, 11) is 1.69. The van der Waals surface area contributed by atoms with Crippen LogP contribution in [0.1, 0.15) is 40.5 Å². The van der Waals surface area contributed by atoms with Gasteiger partial charge in [0.15, 0.2) is 0 Å². The van der Waals surface area contributed by atoms with E-state index in [1.807, 2.05) is 4.90 Å². The van der Waals surface area contributed by atoms with Gasteiger partial charge in [0.05, 0.1) is 24.9 Å². The average molecular weight is 242 g/mol. The summed E-state index contributed by atoms with van der Waals surface area (Å²) in [6.07, 6.45) is 1.95. The van der Waals surface area contributed by atoms with Crippen LogP contribution in [0, 0.1) is 5.92 Å². The maximum atomic E-state index is 12.3. The summed E-state index contributed by atoms with van der Waals surface area (Å²) in [4.78, 5) is 14.3. The van der Waals surface area contributed by atoms with E-state index in [-0.39, 0.29) is 24.2 Å². The molecule has 1 heterocycles. The highest BCUT2D eigenvalue weighted by Gasteiger charge is 2.39. The van der Waals surface area contributed by atoms with Gasteiger partial charge < -0.3 is 9.64 Å². The smallest absolute Gasteiger partial charge is 0.241 e. The minimum Gasteiger partial charge on any atom is -0.383 e. The SMILES string of the molecule is CCC(COC)N1C(=O)C(CC(C)C)NC1C.